The maximum Gasteiger partial charge on any atom is 0.489 e. The lowest BCUT2D eigenvalue weighted by atomic mass is 9.47. The molecule has 0 aromatic heterocycles. The molecule has 0 radical (unpaired) electrons. The standard InChI is InChI=1S/C14H19F2NO7S2/c1-2-24-13-6-9-3-10(7-13)5-12(4-9,8-13)11(18)17-25(19,20)14(15,16)26(21,22)23/h2,9-10H,1,3-8H2,(H,17,18)(H,21,22,23). The molecule has 0 aromatic rings. The Hall–Kier alpha value is -1.27. The van der Waals surface area contributed by atoms with Gasteiger partial charge in [-0.1, -0.05) is 6.58 Å². The SMILES string of the molecule is C=COC12CC3CC(C1)CC(C(=O)NS(=O)(=O)C(F)(F)S(=O)(=O)O)(C3)C2. The van der Waals surface area contributed by atoms with Crippen molar-refractivity contribution in [1.29, 1.82) is 0 Å². The summed E-state index contributed by atoms with van der Waals surface area (Å²) in [6, 6.07) is 0. The average Bonchev–Trinajstić information content (AvgIpc) is 2.43. The molecule has 2 N–H and O–H groups in total. The Morgan fingerprint density at radius 1 is 1.19 bits per heavy atom. The second-order valence-corrected chi connectivity index (χ2v) is 11.0. The molecule has 0 saturated heterocycles. The first-order valence-electron chi connectivity index (χ1n) is 7.96. The van der Waals surface area contributed by atoms with E-state index < -0.39 is 41.7 Å². The zero-order valence-electron chi connectivity index (χ0n) is 13.7. The zero-order valence-corrected chi connectivity index (χ0v) is 15.3. The van der Waals surface area contributed by atoms with Crippen LogP contribution in [-0.2, 0) is 29.7 Å². The van der Waals surface area contributed by atoms with E-state index >= 15 is 0 Å². The molecular weight excluding hydrogens is 396 g/mol. The van der Waals surface area contributed by atoms with Gasteiger partial charge in [-0.25, -0.2) is 4.72 Å². The minimum Gasteiger partial charge on any atom is -0.495 e. The van der Waals surface area contributed by atoms with Crippen molar-refractivity contribution in [3.05, 3.63) is 12.8 Å². The van der Waals surface area contributed by atoms with Gasteiger partial charge in [0.15, 0.2) is 0 Å². The highest BCUT2D eigenvalue weighted by molar-refractivity contribution is 8.06. The van der Waals surface area contributed by atoms with Gasteiger partial charge in [-0.15, -0.1) is 0 Å². The highest BCUT2D eigenvalue weighted by Crippen LogP contribution is 2.63. The number of halogens is 2. The lowest BCUT2D eigenvalue weighted by molar-refractivity contribution is -0.179. The van der Waals surface area contributed by atoms with Crippen LogP contribution >= 0.6 is 0 Å². The van der Waals surface area contributed by atoms with E-state index in [1.807, 2.05) is 0 Å². The van der Waals surface area contributed by atoms with Crippen LogP contribution in [0.3, 0.4) is 0 Å². The van der Waals surface area contributed by atoms with Crippen molar-refractivity contribution < 1.29 is 39.7 Å². The number of rotatable bonds is 6. The maximum absolute atomic E-state index is 13.6. The molecule has 26 heavy (non-hydrogen) atoms. The summed E-state index contributed by atoms with van der Waals surface area (Å²) in [5.74, 6) is -1.04. The van der Waals surface area contributed by atoms with Gasteiger partial charge in [-0.3, -0.25) is 9.35 Å². The number of carbonyl (C=O) groups is 1. The van der Waals surface area contributed by atoms with Crippen LogP contribution in [0.15, 0.2) is 12.8 Å². The van der Waals surface area contributed by atoms with Crippen molar-refractivity contribution in [2.45, 2.75) is 48.7 Å². The van der Waals surface area contributed by atoms with Crippen LogP contribution < -0.4 is 4.72 Å². The summed E-state index contributed by atoms with van der Waals surface area (Å²) in [6.07, 6.45) is 4.18. The molecule has 12 heteroatoms. The average molecular weight is 415 g/mol. The Bertz CT molecular complexity index is 839. The van der Waals surface area contributed by atoms with E-state index in [2.05, 4.69) is 6.58 Å². The smallest absolute Gasteiger partial charge is 0.489 e. The van der Waals surface area contributed by atoms with Crippen LogP contribution in [0.2, 0.25) is 0 Å². The molecule has 0 aliphatic heterocycles. The Kier molecular flexibility index (Phi) is 4.21. The van der Waals surface area contributed by atoms with E-state index in [-0.39, 0.29) is 18.3 Å². The second kappa shape index (κ2) is 5.61. The fourth-order valence-corrected chi connectivity index (χ4v) is 7.00. The van der Waals surface area contributed by atoms with Gasteiger partial charge < -0.3 is 4.74 Å². The Balaban J connectivity index is 1.90. The molecule has 4 aliphatic rings. The molecule has 2 atom stereocenters. The van der Waals surface area contributed by atoms with Gasteiger partial charge in [-0.05, 0) is 43.9 Å². The van der Waals surface area contributed by atoms with Crippen LogP contribution in [0.25, 0.3) is 0 Å². The number of nitrogens with one attached hydrogen (secondary N) is 1. The number of alkyl halides is 2. The molecule has 4 bridgehead atoms. The van der Waals surface area contributed by atoms with E-state index in [9.17, 15) is 30.4 Å². The van der Waals surface area contributed by atoms with Gasteiger partial charge in [0.1, 0.15) is 5.60 Å². The summed E-state index contributed by atoms with van der Waals surface area (Å²) in [5.41, 5.74) is -1.94. The molecular formula is C14H19F2NO7S2. The predicted octanol–water partition coefficient (Wildman–Crippen LogP) is 1.37. The van der Waals surface area contributed by atoms with Crippen LogP contribution in [0.4, 0.5) is 8.78 Å². The molecule has 0 spiro atoms. The monoisotopic (exact) mass is 415 g/mol. The van der Waals surface area contributed by atoms with Crippen molar-refractivity contribution in [2.75, 3.05) is 0 Å². The fourth-order valence-electron chi connectivity index (χ4n) is 5.19. The minimum absolute atomic E-state index is 0.0757. The van der Waals surface area contributed by atoms with Gasteiger partial charge in [-0.2, -0.15) is 25.6 Å². The summed E-state index contributed by atoms with van der Waals surface area (Å²) in [5, 5.41) is 0. The highest BCUT2D eigenvalue weighted by Gasteiger charge is 2.64. The zero-order chi connectivity index (χ0) is 19.6. The Morgan fingerprint density at radius 3 is 2.19 bits per heavy atom. The number of ether oxygens (including phenoxy) is 1. The third kappa shape index (κ3) is 2.82. The molecule has 4 aliphatic carbocycles. The summed E-state index contributed by atoms with van der Waals surface area (Å²) in [6.45, 7) is 3.51. The number of amides is 1. The van der Waals surface area contributed by atoms with E-state index in [0.717, 1.165) is 6.42 Å². The van der Waals surface area contributed by atoms with E-state index in [1.165, 1.54) is 11.0 Å². The number of carbonyl (C=O) groups excluding carboxylic acids is 1. The Morgan fingerprint density at radius 2 is 1.73 bits per heavy atom. The van der Waals surface area contributed by atoms with Gasteiger partial charge >= 0.3 is 24.7 Å². The third-order valence-electron chi connectivity index (χ3n) is 5.66. The topological polar surface area (TPSA) is 127 Å². The normalized spacial score (nSPS) is 36.6. The third-order valence-corrected chi connectivity index (χ3v) is 8.63. The summed E-state index contributed by atoms with van der Waals surface area (Å²) < 4.78 is 81.8. The van der Waals surface area contributed by atoms with Crippen LogP contribution in [0.5, 0.6) is 0 Å². The molecule has 4 saturated carbocycles. The quantitative estimate of drug-likeness (QED) is 0.495. The van der Waals surface area contributed by atoms with Crippen LogP contribution in [0, 0.1) is 17.3 Å². The molecule has 2 unspecified atom stereocenters. The van der Waals surface area contributed by atoms with E-state index in [4.69, 9.17) is 9.29 Å². The van der Waals surface area contributed by atoms with Crippen molar-refractivity contribution >= 4 is 26.0 Å². The maximum atomic E-state index is 13.6. The molecule has 8 nitrogen and oxygen atoms in total. The summed E-state index contributed by atoms with van der Waals surface area (Å²) in [7, 11) is -12.2. The number of hydrogen-bond acceptors (Lipinski definition) is 6. The van der Waals surface area contributed by atoms with Crippen molar-refractivity contribution in [3.8, 4) is 0 Å². The van der Waals surface area contributed by atoms with Gasteiger partial charge in [0.2, 0.25) is 5.91 Å². The van der Waals surface area contributed by atoms with Gasteiger partial charge in [0.05, 0.1) is 11.7 Å². The van der Waals surface area contributed by atoms with Crippen LogP contribution in [-0.4, -0.2) is 37.5 Å². The molecule has 0 heterocycles. The summed E-state index contributed by atoms with van der Waals surface area (Å²) in [4.78, 5) is 12.7. The molecule has 148 valence electrons. The molecule has 4 fully saturated rings. The second-order valence-electron chi connectivity index (χ2n) is 7.58. The largest absolute Gasteiger partial charge is 0.495 e. The first-order chi connectivity index (χ1) is 11.8. The van der Waals surface area contributed by atoms with Crippen molar-refractivity contribution in [3.63, 3.8) is 0 Å². The number of sulfonamides is 1. The first-order valence-corrected chi connectivity index (χ1v) is 10.9. The first kappa shape index (κ1) is 19.5. The van der Waals surface area contributed by atoms with Crippen molar-refractivity contribution in [1.82, 2.24) is 4.72 Å². The fraction of sp³-hybridized carbons (Fsp3) is 0.786. The number of hydrogen-bond donors (Lipinski definition) is 2. The Labute approximate surface area is 149 Å². The lowest BCUT2D eigenvalue weighted by Crippen LogP contribution is -2.62. The molecule has 0 aromatic carbocycles. The van der Waals surface area contributed by atoms with Gasteiger partial charge in [0.25, 0.3) is 0 Å². The molecule has 4 rings (SSSR count). The van der Waals surface area contributed by atoms with E-state index in [1.54, 1.807) is 0 Å². The van der Waals surface area contributed by atoms with Crippen molar-refractivity contribution in [2.24, 2.45) is 17.3 Å². The van der Waals surface area contributed by atoms with Crippen LogP contribution in [0.1, 0.15) is 38.5 Å². The minimum atomic E-state index is -6.26. The molecule has 1 amide bonds. The predicted molar refractivity (Wildman–Crippen MR) is 84.7 cm³/mol. The summed E-state index contributed by atoms with van der Waals surface area (Å²) >= 11 is 0. The van der Waals surface area contributed by atoms with Gasteiger partial charge in [0, 0.05) is 6.42 Å². The lowest BCUT2D eigenvalue weighted by Gasteiger charge is -2.60. The van der Waals surface area contributed by atoms with E-state index in [0.29, 0.717) is 25.7 Å². The highest BCUT2D eigenvalue weighted by atomic mass is 32.3.